The quantitative estimate of drug-likeness (QED) is 0.249. The molecule has 0 heterocycles. The van der Waals surface area contributed by atoms with Gasteiger partial charge in [-0.2, -0.15) is 0 Å². The van der Waals surface area contributed by atoms with E-state index in [4.69, 9.17) is 9.47 Å². The first-order chi connectivity index (χ1) is 11.2. The lowest BCUT2D eigenvalue weighted by atomic mass is 10.1. The summed E-state index contributed by atoms with van der Waals surface area (Å²) in [6.07, 6.45) is 1.10. The molecule has 0 saturated carbocycles. The largest absolute Gasteiger partial charge is 0.497 e. The standard InChI is InChI=1S/C18H31N3O2.HI/c1-5-19-18(20-10-12-23-11-9-15(2)3)21-14-16-7-6-8-17(13-16)22-4;/h6-8,13,15H,5,9-12,14H2,1-4H3,(H2,19,20,21);1H. The Balaban J connectivity index is 0.00000529. The van der Waals surface area contributed by atoms with Gasteiger partial charge in [-0.25, -0.2) is 4.99 Å². The molecule has 0 fully saturated rings. The average molecular weight is 449 g/mol. The molecule has 0 aliphatic carbocycles. The number of rotatable bonds is 10. The first kappa shape index (κ1) is 23.0. The minimum Gasteiger partial charge on any atom is -0.497 e. The number of hydrogen-bond acceptors (Lipinski definition) is 3. The van der Waals surface area contributed by atoms with E-state index in [9.17, 15) is 0 Å². The lowest BCUT2D eigenvalue weighted by Gasteiger charge is -2.12. The lowest BCUT2D eigenvalue weighted by molar-refractivity contribution is 0.128. The molecule has 0 aromatic heterocycles. The van der Waals surface area contributed by atoms with Crippen molar-refractivity contribution in [3.63, 3.8) is 0 Å². The van der Waals surface area contributed by atoms with Crippen LogP contribution in [0.25, 0.3) is 0 Å². The van der Waals surface area contributed by atoms with E-state index in [-0.39, 0.29) is 24.0 Å². The summed E-state index contributed by atoms with van der Waals surface area (Å²) in [6, 6.07) is 7.96. The second kappa shape index (κ2) is 14.3. The Bertz CT molecular complexity index is 467. The number of nitrogens with one attached hydrogen (secondary N) is 2. The Morgan fingerprint density at radius 2 is 2.00 bits per heavy atom. The van der Waals surface area contributed by atoms with Crippen molar-refractivity contribution in [2.45, 2.75) is 33.7 Å². The second-order valence-electron chi connectivity index (χ2n) is 5.77. The third-order valence-corrected chi connectivity index (χ3v) is 3.28. The average Bonchev–Trinajstić information content (AvgIpc) is 2.55. The van der Waals surface area contributed by atoms with Crippen molar-refractivity contribution in [2.24, 2.45) is 10.9 Å². The molecule has 1 aromatic rings. The summed E-state index contributed by atoms with van der Waals surface area (Å²) in [5.41, 5.74) is 1.12. The zero-order valence-electron chi connectivity index (χ0n) is 15.3. The molecule has 0 saturated heterocycles. The van der Waals surface area contributed by atoms with E-state index in [2.05, 4.69) is 36.4 Å². The van der Waals surface area contributed by atoms with E-state index in [1.54, 1.807) is 7.11 Å². The summed E-state index contributed by atoms with van der Waals surface area (Å²) >= 11 is 0. The van der Waals surface area contributed by atoms with E-state index in [1.807, 2.05) is 24.3 Å². The maximum atomic E-state index is 5.60. The van der Waals surface area contributed by atoms with Gasteiger partial charge in [0.15, 0.2) is 5.96 Å². The summed E-state index contributed by atoms with van der Waals surface area (Å²) in [4.78, 5) is 4.59. The van der Waals surface area contributed by atoms with Crippen LogP contribution in [0.5, 0.6) is 5.75 Å². The van der Waals surface area contributed by atoms with Crippen LogP contribution in [0.3, 0.4) is 0 Å². The molecule has 0 aliphatic rings. The van der Waals surface area contributed by atoms with Crippen LogP contribution in [0.15, 0.2) is 29.3 Å². The van der Waals surface area contributed by atoms with E-state index in [0.717, 1.165) is 43.4 Å². The summed E-state index contributed by atoms with van der Waals surface area (Å²) in [5.74, 6) is 2.35. The molecule has 138 valence electrons. The minimum atomic E-state index is 0. The molecular formula is C18H32IN3O2. The van der Waals surface area contributed by atoms with Gasteiger partial charge in [0.25, 0.3) is 0 Å². The highest BCUT2D eigenvalue weighted by Gasteiger charge is 1.99. The molecule has 0 spiro atoms. The number of methoxy groups -OCH3 is 1. The molecule has 0 radical (unpaired) electrons. The Morgan fingerprint density at radius 1 is 1.21 bits per heavy atom. The van der Waals surface area contributed by atoms with Gasteiger partial charge >= 0.3 is 0 Å². The van der Waals surface area contributed by atoms with Gasteiger partial charge in [0, 0.05) is 19.7 Å². The summed E-state index contributed by atoms with van der Waals surface area (Å²) in [7, 11) is 1.67. The zero-order chi connectivity index (χ0) is 16.9. The maximum Gasteiger partial charge on any atom is 0.191 e. The van der Waals surface area contributed by atoms with Gasteiger partial charge in [0.2, 0.25) is 0 Å². The molecule has 0 amide bonds. The molecule has 5 nitrogen and oxygen atoms in total. The van der Waals surface area contributed by atoms with Crippen molar-refractivity contribution < 1.29 is 9.47 Å². The topological polar surface area (TPSA) is 54.9 Å². The SMILES string of the molecule is CCNC(=NCc1cccc(OC)c1)NCCOCCC(C)C.I. The normalized spacial score (nSPS) is 11.1. The monoisotopic (exact) mass is 449 g/mol. The van der Waals surface area contributed by atoms with Crippen LogP contribution in [0.2, 0.25) is 0 Å². The van der Waals surface area contributed by atoms with Crippen LogP contribution in [-0.4, -0.2) is 39.4 Å². The van der Waals surface area contributed by atoms with Gasteiger partial charge in [0.1, 0.15) is 5.75 Å². The number of ether oxygens (including phenoxy) is 2. The number of guanidine groups is 1. The van der Waals surface area contributed by atoms with E-state index < -0.39 is 0 Å². The highest BCUT2D eigenvalue weighted by atomic mass is 127. The molecule has 0 bridgehead atoms. The first-order valence-electron chi connectivity index (χ1n) is 8.38. The fourth-order valence-corrected chi connectivity index (χ4v) is 1.95. The predicted octanol–water partition coefficient (Wildman–Crippen LogP) is 3.43. The van der Waals surface area contributed by atoms with Crippen molar-refractivity contribution in [1.29, 1.82) is 0 Å². The van der Waals surface area contributed by atoms with E-state index in [0.29, 0.717) is 19.1 Å². The number of aliphatic imine (C=N–C) groups is 1. The summed E-state index contributed by atoms with van der Waals surface area (Å²) < 4.78 is 10.8. The van der Waals surface area contributed by atoms with E-state index in [1.165, 1.54) is 0 Å². The van der Waals surface area contributed by atoms with Crippen LogP contribution in [0, 0.1) is 5.92 Å². The number of hydrogen-bond donors (Lipinski definition) is 2. The Morgan fingerprint density at radius 3 is 2.67 bits per heavy atom. The summed E-state index contributed by atoms with van der Waals surface area (Å²) in [6.45, 7) is 10.2. The number of halogens is 1. The third-order valence-electron chi connectivity index (χ3n) is 3.28. The molecule has 0 aliphatic heterocycles. The molecule has 0 atom stereocenters. The summed E-state index contributed by atoms with van der Waals surface area (Å²) in [5, 5.41) is 6.53. The first-order valence-corrected chi connectivity index (χ1v) is 8.38. The van der Waals surface area contributed by atoms with Crippen LogP contribution < -0.4 is 15.4 Å². The van der Waals surface area contributed by atoms with Crippen molar-refractivity contribution in [1.82, 2.24) is 10.6 Å². The van der Waals surface area contributed by atoms with Crippen molar-refractivity contribution in [2.75, 3.05) is 33.4 Å². The molecule has 0 unspecified atom stereocenters. The molecule has 6 heteroatoms. The molecular weight excluding hydrogens is 417 g/mol. The molecule has 1 aromatic carbocycles. The highest BCUT2D eigenvalue weighted by Crippen LogP contribution is 2.13. The molecule has 1 rings (SSSR count). The smallest absolute Gasteiger partial charge is 0.191 e. The predicted molar refractivity (Wildman–Crippen MR) is 112 cm³/mol. The van der Waals surface area contributed by atoms with E-state index >= 15 is 0 Å². The van der Waals surface area contributed by atoms with Gasteiger partial charge in [0.05, 0.1) is 20.3 Å². The highest BCUT2D eigenvalue weighted by molar-refractivity contribution is 14.0. The van der Waals surface area contributed by atoms with Crippen LogP contribution in [0.4, 0.5) is 0 Å². The van der Waals surface area contributed by atoms with Gasteiger partial charge in [-0.05, 0) is 37.0 Å². The Labute approximate surface area is 163 Å². The Kier molecular flexibility index (Phi) is 13.7. The van der Waals surface area contributed by atoms with Crippen LogP contribution in [-0.2, 0) is 11.3 Å². The third kappa shape index (κ3) is 10.7. The maximum absolute atomic E-state index is 5.60. The van der Waals surface area contributed by atoms with Crippen LogP contribution in [0.1, 0.15) is 32.8 Å². The van der Waals surface area contributed by atoms with Crippen molar-refractivity contribution in [3.8, 4) is 5.75 Å². The van der Waals surface area contributed by atoms with Gasteiger partial charge in [-0.15, -0.1) is 24.0 Å². The van der Waals surface area contributed by atoms with Gasteiger partial charge in [-0.3, -0.25) is 0 Å². The number of benzene rings is 1. The number of nitrogens with zero attached hydrogens (tertiary/aromatic N) is 1. The fourth-order valence-electron chi connectivity index (χ4n) is 1.95. The van der Waals surface area contributed by atoms with Crippen molar-refractivity contribution in [3.05, 3.63) is 29.8 Å². The Hall–Kier alpha value is -1.02. The van der Waals surface area contributed by atoms with Gasteiger partial charge < -0.3 is 20.1 Å². The molecule has 2 N–H and O–H groups in total. The molecule has 24 heavy (non-hydrogen) atoms. The fraction of sp³-hybridized carbons (Fsp3) is 0.611. The lowest BCUT2D eigenvalue weighted by Crippen LogP contribution is -2.39. The second-order valence-corrected chi connectivity index (χ2v) is 5.77. The zero-order valence-corrected chi connectivity index (χ0v) is 17.6. The minimum absolute atomic E-state index is 0. The van der Waals surface area contributed by atoms with Gasteiger partial charge in [-0.1, -0.05) is 26.0 Å². The van der Waals surface area contributed by atoms with Crippen molar-refractivity contribution >= 4 is 29.9 Å². The van der Waals surface area contributed by atoms with Crippen LogP contribution >= 0.6 is 24.0 Å².